The second kappa shape index (κ2) is 12.1. The average molecular weight is 620 g/mol. The molecule has 0 radical (unpaired) electrons. The number of aromatic nitrogens is 2. The molecule has 2 aliphatic rings. The number of rotatable bonds is 8. The predicted molar refractivity (Wildman–Crippen MR) is 156 cm³/mol. The smallest absolute Gasteiger partial charge is 0.429 e. The maximum Gasteiger partial charge on any atom is 0.429 e. The van der Waals surface area contributed by atoms with Crippen molar-refractivity contribution in [1.29, 1.82) is 0 Å². The van der Waals surface area contributed by atoms with Crippen LogP contribution in [0.15, 0.2) is 48.5 Å². The Morgan fingerprint density at radius 1 is 1.14 bits per heavy atom. The maximum atomic E-state index is 14.6. The predicted octanol–water partition coefficient (Wildman–Crippen LogP) is 5.88. The highest BCUT2D eigenvalue weighted by Crippen LogP contribution is 2.44. The quantitative estimate of drug-likeness (QED) is 0.284. The summed E-state index contributed by atoms with van der Waals surface area (Å²) in [6.45, 7) is 5.37. The second-order valence-corrected chi connectivity index (χ2v) is 11.8. The zero-order valence-electron chi connectivity index (χ0n) is 23.7. The lowest BCUT2D eigenvalue weighted by Crippen LogP contribution is -2.41. The number of alkyl halides is 3. The molecule has 2 aromatic carbocycles. The Hall–Kier alpha value is -3.77. The summed E-state index contributed by atoms with van der Waals surface area (Å²) in [4.78, 5) is 21.5. The van der Waals surface area contributed by atoms with E-state index >= 15 is 0 Å². The summed E-state index contributed by atoms with van der Waals surface area (Å²) in [5.41, 5.74) is 6.34. The molecule has 3 aromatic rings. The van der Waals surface area contributed by atoms with Gasteiger partial charge in [0, 0.05) is 36.3 Å². The van der Waals surface area contributed by atoms with Crippen LogP contribution in [0.4, 0.5) is 24.9 Å². The van der Waals surface area contributed by atoms with Crippen LogP contribution in [0.25, 0.3) is 11.1 Å². The van der Waals surface area contributed by atoms with E-state index in [1.807, 2.05) is 18.7 Å². The van der Waals surface area contributed by atoms with Crippen LogP contribution in [-0.2, 0) is 4.79 Å². The van der Waals surface area contributed by atoms with E-state index in [1.54, 1.807) is 24.3 Å². The first-order chi connectivity index (χ1) is 20.3. The number of halogens is 4. The topological polar surface area (TPSA) is 123 Å². The first kappa shape index (κ1) is 30.7. The van der Waals surface area contributed by atoms with Crippen LogP contribution in [-0.4, -0.2) is 59.0 Å². The summed E-state index contributed by atoms with van der Waals surface area (Å²) in [5, 5.41) is 12.7. The average Bonchev–Trinajstić information content (AvgIpc) is 3.35. The normalized spacial score (nSPS) is 19.0. The number of nitrogens with one attached hydrogen (secondary N) is 1. The van der Waals surface area contributed by atoms with E-state index in [4.69, 9.17) is 26.8 Å². The highest BCUT2D eigenvalue weighted by molar-refractivity contribution is 6.30. The molecule has 2 saturated heterocycles. The fourth-order valence-electron chi connectivity index (χ4n) is 5.78. The third-order valence-electron chi connectivity index (χ3n) is 7.86. The van der Waals surface area contributed by atoms with Crippen LogP contribution in [0.1, 0.15) is 44.8 Å². The number of carboxylic acid groups (broad SMARTS) is 1. The number of carbonyl (C=O) groups is 1. The van der Waals surface area contributed by atoms with Gasteiger partial charge in [-0.2, -0.15) is 23.1 Å². The zero-order valence-corrected chi connectivity index (χ0v) is 24.5. The van der Waals surface area contributed by atoms with E-state index in [9.17, 15) is 23.1 Å². The number of benzene rings is 2. The van der Waals surface area contributed by atoms with E-state index in [1.165, 1.54) is 24.3 Å². The highest BCUT2D eigenvalue weighted by Gasteiger charge is 2.46. The molecule has 5 rings (SSSR count). The molecule has 43 heavy (non-hydrogen) atoms. The Morgan fingerprint density at radius 3 is 2.53 bits per heavy atom. The van der Waals surface area contributed by atoms with Crippen molar-refractivity contribution >= 4 is 29.3 Å². The van der Waals surface area contributed by atoms with Gasteiger partial charge in [0.1, 0.15) is 17.6 Å². The molecule has 2 aliphatic heterocycles. The van der Waals surface area contributed by atoms with Gasteiger partial charge in [0.15, 0.2) is 0 Å². The van der Waals surface area contributed by atoms with Crippen molar-refractivity contribution in [3.63, 3.8) is 0 Å². The lowest BCUT2D eigenvalue weighted by molar-refractivity contribution is -0.198. The van der Waals surface area contributed by atoms with Crippen molar-refractivity contribution in [2.24, 2.45) is 5.41 Å². The van der Waals surface area contributed by atoms with Gasteiger partial charge >= 0.3 is 12.1 Å². The van der Waals surface area contributed by atoms with Crippen LogP contribution >= 0.6 is 11.6 Å². The standard InChI is InChI=1S/C30H33ClF3N5O4/c1-17(2)42-20-5-3-4-18(12-20)22-13-19(31)6-7-21(22)26(30(32,33)34)43-25-14-24(37-28(35)38-25)39-10-8-29(9-11-39)15-23(27(40)41)36-16-29/h3-7,12-14,17,23,26,36H,8-11,15-16H2,1-2H3,(H,40,41)(H2,35,37,38). The lowest BCUT2D eigenvalue weighted by atomic mass is 9.76. The summed E-state index contributed by atoms with van der Waals surface area (Å²) < 4.78 is 55.2. The van der Waals surface area contributed by atoms with Gasteiger partial charge in [-0.15, -0.1) is 0 Å². The molecule has 0 bridgehead atoms. The third-order valence-corrected chi connectivity index (χ3v) is 8.10. The van der Waals surface area contributed by atoms with Gasteiger partial charge < -0.3 is 30.5 Å². The van der Waals surface area contributed by atoms with Gasteiger partial charge in [-0.25, -0.2) is 0 Å². The third kappa shape index (κ3) is 7.07. The number of hydrogen-bond donors (Lipinski definition) is 3. The molecule has 0 aliphatic carbocycles. The number of piperidine rings is 1. The summed E-state index contributed by atoms with van der Waals surface area (Å²) in [7, 11) is 0. The number of carboxylic acids is 1. The molecular weight excluding hydrogens is 587 g/mol. The molecule has 2 unspecified atom stereocenters. The molecule has 2 fully saturated rings. The van der Waals surface area contributed by atoms with Crippen molar-refractivity contribution in [1.82, 2.24) is 15.3 Å². The Balaban J connectivity index is 1.42. The summed E-state index contributed by atoms with van der Waals surface area (Å²) in [5.74, 6) is -0.571. The number of nitrogens with zero attached hydrogens (tertiary/aromatic N) is 3. The number of nitrogens with two attached hydrogens (primary N) is 1. The molecule has 2 atom stereocenters. The van der Waals surface area contributed by atoms with Crippen molar-refractivity contribution < 1.29 is 32.5 Å². The highest BCUT2D eigenvalue weighted by atomic mass is 35.5. The van der Waals surface area contributed by atoms with Gasteiger partial charge in [0.05, 0.1) is 6.10 Å². The van der Waals surface area contributed by atoms with Gasteiger partial charge in [0.2, 0.25) is 17.9 Å². The fraction of sp³-hybridized carbons (Fsp3) is 0.433. The molecule has 1 spiro atoms. The van der Waals surface area contributed by atoms with Gasteiger partial charge in [-0.3, -0.25) is 4.79 Å². The minimum atomic E-state index is -4.82. The summed E-state index contributed by atoms with van der Waals surface area (Å²) in [6, 6.07) is 11.7. The molecule has 4 N–H and O–H groups in total. The van der Waals surface area contributed by atoms with E-state index in [0.29, 0.717) is 56.0 Å². The van der Waals surface area contributed by atoms with E-state index in [2.05, 4.69) is 15.3 Å². The Labute approximate surface area is 252 Å². The molecule has 13 heteroatoms. The number of anilines is 2. The van der Waals surface area contributed by atoms with Crippen molar-refractivity contribution in [3.05, 3.63) is 59.1 Å². The summed E-state index contributed by atoms with van der Waals surface area (Å²) in [6.07, 6.45) is -5.41. The Bertz CT molecular complexity index is 1480. The van der Waals surface area contributed by atoms with E-state index < -0.39 is 24.3 Å². The molecular formula is C30H33ClF3N5O4. The number of hydrogen-bond acceptors (Lipinski definition) is 8. The molecule has 230 valence electrons. The number of aliphatic carboxylic acids is 1. The number of ether oxygens (including phenoxy) is 2. The van der Waals surface area contributed by atoms with Crippen molar-refractivity contribution in [2.75, 3.05) is 30.3 Å². The van der Waals surface area contributed by atoms with Crippen LogP contribution in [0.3, 0.4) is 0 Å². The minimum Gasteiger partial charge on any atom is -0.491 e. The molecule has 0 saturated carbocycles. The Kier molecular flexibility index (Phi) is 8.62. The van der Waals surface area contributed by atoms with Crippen LogP contribution in [0.2, 0.25) is 5.02 Å². The van der Waals surface area contributed by atoms with Gasteiger partial charge in [-0.05, 0) is 73.9 Å². The molecule has 1 aromatic heterocycles. The summed E-state index contributed by atoms with van der Waals surface area (Å²) >= 11 is 6.24. The Morgan fingerprint density at radius 2 is 1.88 bits per heavy atom. The largest absolute Gasteiger partial charge is 0.491 e. The monoisotopic (exact) mass is 619 g/mol. The van der Waals surface area contributed by atoms with Gasteiger partial charge in [-0.1, -0.05) is 29.8 Å². The minimum absolute atomic E-state index is 0.125. The van der Waals surface area contributed by atoms with Crippen LogP contribution in [0, 0.1) is 5.41 Å². The SMILES string of the molecule is CC(C)Oc1cccc(-c2cc(Cl)ccc2C(Oc2cc(N3CCC4(CC3)CNC(C(=O)O)C4)nc(N)n2)C(F)(F)F)c1. The van der Waals surface area contributed by atoms with E-state index in [0.717, 1.165) is 0 Å². The first-order valence-electron chi connectivity index (χ1n) is 14.0. The molecule has 9 nitrogen and oxygen atoms in total. The zero-order chi connectivity index (χ0) is 30.9. The number of nitrogen functional groups attached to an aromatic ring is 1. The van der Waals surface area contributed by atoms with Gasteiger partial charge in [0.25, 0.3) is 0 Å². The van der Waals surface area contributed by atoms with Crippen LogP contribution in [0.5, 0.6) is 11.6 Å². The first-order valence-corrected chi connectivity index (χ1v) is 14.4. The van der Waals surface area contributed by atoms with Crippen LogP contribution < -0.4 is 25.4 Å². The molecule has 0 amide bonds. The van der Waals surface area contributed by atoms with Crippen molar-refractivity contribution in [2.45, 2.75) is 57.5 Å². The second-order valence-electron chi connectivity index (χ2n) is 11.4. The fourth-order valence-corrected chi connectivity index (χ4v) is 5.95. The van der Waals surface area contributed by atoms with Crippen molar-refractivity contribution in [3.8, 4) is 22.8 Å². The molecule has 3 heterocycles. The maximum absolute atomic E-state index is 14.6. The lowest BCUT2D eigenvalue weighted by Gasteiger charge is -2.39. The van der Waals surface area contributed by atoms with E-state index in [-0.39, 0.29) is 39.5 Å².